The highest BCUT2D eigenvalue weighted by Gasteiger charge is 2.31. The van der Waals surface area contributed by atoms with E-state index in [-0.39, 0.29) is 17.5 Å². The lowest BCUT2D eigenvalue weighted by molar-refractivity contribution is -0.274. The molecule has 0 aliphatic heterocycles. The Morgan fingerprint density at radius 2 is 1.90 bits per heavy atom. The number of ether oxygens (including phenoxy) is 1. The van der Waals surface area contributed by atoms with Crippen LogP contribution < -0.4 is 4.74 Å². The summed E-state index contributed by atoms with van der Waals surface area (Å²) in [5.74, 6) is 0.626. The Hall–Kier alpha value is -1.52. The molecule has 2 atom stereocenters. The average Bonchev–Trinajstić information content (AvgIpc) is 2.42. The number of rotatable bonds is 4. The Bertz CT molecular complexity index is 479. The van der Waals surface area contributed by atoms with Gasteiger partial charge in [0.15, 0.2) is 0 Å². The fourth-order valence-corrected chi connectivity index (χ4v) is 2.88. The van der Waals surface area contributed by atoms with E-state index >= 15 is 0 Å². The van der Waals surface area contributed by atoms with Crippen molar-refractivity contribution in [2.45, 2.75) is 45.4 Å². The summed E-state index contributed by atoms with van der Waals surface area (Å²) in [6.45, 7) is 2.13. The first-order valence-electron chi connectivity index (χ1n) is 7.24. The van der Waals surface area contributed by atoms with Crippen molar-refractivity contribution in [2.75, 3.05) is 0 Å². The van der Waals surface area contributed by atoms with Crippen LogP contribution in [0.25, 0.3) is 0 Å². The molecule has 0 spiro atoms. The van der Waals surface area contributed by atoms with Crippen LogP contribution in [0.15, 0.2) is 24.3 Å². The van der Waals surface area contributed by atoms with Crippen LogP contribution in [0.4, 0.5) is 13.2 Å². The SMILES string of the molecule is CCC1CCC(=O)C(Cc2ccc(OC(F)(F)F)cc2)C1. The smallest absolute Gasteiger partial charge is 0.406 e. The third kappa shape index (κ3) is 4.76. The number of halogens is 3. The molecule has 1 aliphatic carbocycles. The van der Waals surface area contributed by atoms with Crippen LogP contribution >= 0.6 is 0 Å². The molecule has 1 aliphatic rings. The Balaban J connectivity index is 1.97. The summed E-state index contributed by atoms with van der Waals surface area (Å²) in [6, 6.07) is 5.80. The van der Waals surface area contributed by atoms with Crippen LogP contribution in [-0.4, -0.2) is 12.1 Å². The zero-order valence-corrected chi connectivity index (χ0v) is 12.0. The van der Waals surface area contributed by atoms with Gasteiger partial charge in [-0.3, -0.25) is 4.79 Å². The monoisotopic (exact) mass is 300 g/mol. The van der Waals surface area contributed by atoms with Crippen LogP contribution in [0.2, 0.25) is 0 Å². The maximum atomic E-state index is 12.1. The molecular weight excluding hydrogens is 281 g/mol. The van der Waals surface area contributed by atoms with E-state index in [1.807, 2.05) is 0 Å². The van der Waals surface area contributed by atoms with Crippen LogP contribution in [0.1, 0.15) is 38.2 Å². The minimum absolute atomic E-state index is 0.00177. The number of hydrogen-bond donors (Lipinski definition) is 0. The van der Waals surface area contributed by atoms with Crippen molar-refractivity contribution in [2.24, 2.45) is 11.8 Å². The molecule has 0 heterocycles. The van der Waals surface area contributed by atoms with Crippen molar-refractivity contribution in [1.82, 2.24) is 0 Å². The maximum absolute atomic E-state index is 12.1. The van der Waals surface area contributed by atoms with Gasteiger partial charge in [-0.05, 0) is 42.9 Å². The minimum atomic E-state index is -4.67. The van der Waals surface area contributed by atoms with Crippen molar-refractivity contribution < 1.29 is 22.7 Å². The van der Waals surface area contributed by atoms with E-state index in [9.17, 15) is 18.0 Å². The molecule has 5 heteroatoms. The van der Waals surface area contributed by atoms with Gasteiger partial charge in [-0.15, -0.1) is 13.2 Å². The molecule has 1 saturated carbocycles. The van der Waals surface area contributed by atoms with E-state index < -0.39 is 6.36 Å². The van der Waals surface area contributed by atoms with Crippen LogP contribution in [-0.2, 0) is 11.2 Å². The summed E-state index contributed by atoms with van der Waals surface area (Å²) >= 11 is 0. The van der Waals surface area contributed by atoms with Gasteiger partial charge < -0.3 is 4.74 Å². The normalized spacial score (nSPS) is 23.1. The zero-order chi connectivity index (χ0) is 15.5. The first-order valence-corrected chi connectivity index (χ1v) is 7.24. The Morgan fingerprint density at radius 3 is 2.48 bits per heavy atom. The third-order valence-corrected chi connectivity index (χ3v) is 4.09. The summed E-state index contributed by atoms with van der Waals surface area (Å²) in [7, 11) is 0. The Morgan fingerprint density at radius 1 is 1.24 bits per heavy atom. The van der Waals surface area contributed by atoms with E-state index in [4.69, 9.17) is 0 Å². The summed E-state index contributed by atoms with van der Waals surface area (Å²) < 4.78 is 40.1. The van der Waals surface area contributed by atoms with Crippen LogP contribution in [0.5, 0.6) is 5.75 Å². The van der Waals surface area contributed by atoms with Gasteiger partial charge >= 0.3 is 6.36 Å². The van der Waals surface area contributed by atoms with Gasteiger partial charge in [-0.2, -0.15) is 0 Å². The van der Waals surface area contributed by atoms with Crippen molar-refractivity contribution in [3.05, 3.63) is 29.8 Å². The highest BCUT2D eigenvalue weighted by molar-refractivity contribution is 5.82. The third-order valence-electron chi connectivity index (χ3n) is 4.09. The predicted molar refractivity (Wildman–Crippen MR) is 73.0 cm³/mol. The Labute approximate surface area is 122 Å². The van der Waals surface area contributed by atoms with Gasteiger partial charge in [0.1, 0.15) is 11.5 Å². The maximum Gasteiger partial charge on any atom is 0.573 e. The summed E-state index contributed by atoms with van der Waals surface area (Å²) in [5.41, 5.74) is 0.875. The first-order chi connectivity index (χ1) is 9.87. The zero-order valence-electron chi connectivity index (χ0n) is 12.0. The number of alkyl halides is 3. The molecule has 2 unspecified atom stereocenters. The largest absolute Gasteiger partial charge is 0.573 e. The number of Topliss-reactive ketones (excluding diaryl/α,β-unsaturated/α-hetero) is 1. The number of ketones is 1. The van der Waals surface area contributed by atoms with Gasteiger partial charge in [0, 0.05) is 12.3 Å². The second-order valence-electron chi connectivity index (χ2n) is 5.61. The van der Waals surface area contributed by atoms with Crippen molar-refractivity contribution >= 4 is 5.78 Å². The molecule has 0 N–H and O–H groups in total. The van der Waals surface area contributed by atoms with Crippen molar-refractivity contribution in [3.63, 3.8) is 0 Å². The van der Waals surface area contributed by atoms with Gasteiger partial charge in [0.25, 0.3) is 0 Å². The van der Waals surface area contributed by atoms with E-state index in [1.165, 1.54) is 12.1 Å². The fourth-order valence-electron chi connectivity index (χ4n) is 2.88. The highest BCUT2D eigenvalue weighted by Crippen LogP contribution is 2.31. The van der Waals surface area contributed by atoms with E-state index in [0.29, 0.717) is 18.8 Å². The molecular formula is C16H19F3O2. The molecule has 2 rings (SSSR count). The molecule has 0 aromatic heterocycles. The van der Waals surface area contributed by atoms with Gasteiger partial charge in [0.2, 0.25) is 0 Å². The molecule has 2 nitrogen and oxygen atoms in total. The quantitative estimate of drug-likeness (QED) is 0.817. The summed E-state index contributed by atoms with van der Waals surface area (Å²) in [6.07, 6.45) is -0.530. The van der Waals surface area contributed by atoms with Gasteiger partial charge in [-0.1, -0.05) is 25.5 Å². The number of hydrogen-bond acceptors (Lipinski definition) is 2. The molecule has 0 bridgehead atoms. The second-order valence-corrected chi connectivity index (χ2v) is 5.61. The van der Waals surface area contributed by atoms with E-state index in [1.54, 1.807) is 12.1 Å². The van der Waals surface area contributed by atoms with Gasteiger partial charge in [0.05, 0.1) is 0 Å². The lowest BCUT2D eigenvalue weighted by Crippen LogP contribution is -2.26. The van der Waals surface area contributed by atoms with Crippen LogP contribution in [0.3, 0.4) is 0 Å². The van der Waals surface area contributed by atoms with Crippen LogP contribution in [0, 0.1) is 11.8 Å². The number of carbonyl (C=O) groups is 1. The molecule has 1 aromatic rings. The molecule has 0 amide bonds. The fraction of sp³-hybridized carbons (Fsp3) is 0.562. The molecule has 116 valence electrons. The van der Waals surface area contributed by atoms with Crippen molar-refractivity contribution in [3.8, 4) is 5.75 Å². The molecule has 0 saturated heterocycles. The van der Waals surface area contributed by atoms with Crippen molar-refractivity contribution in [1.29, 1.82) is 0 Å². The molecule has 1 fully saturated rings. The lowest BCUT2D eigenvalue weighted by Gasteiger charge is -2.27. The molecule has 1 aromatic carbocycles. The number of carbonyl (C=O) groups excluding carboxylic acids is 1. The highest BCUT2D eigenvalue weighted by atomic mass is 19.4. The molecule has 21 heavy (non-hydrogen) atoms. The lowest BCUT2D eigenvalue weighted by atomic mass is 9.77. The minimum Gasteiger partial charge on any atom is -0.406 e. The number of benzene rings is 1. The standard InChI is InChI=1S/C16H19F3O2/c1-2-11-5-8-15(20)13(9-11)10-12-3-6-14(7-4-12)21-16(17,18)19/h3-4,6-7,11,13H,2,5,8-10H2,1H3. The second kappa shape index (κ2) is 6.50. The van der Waals surface area contributed by atoms with E-state index in [2.05, 4.69) is 11.7 Å². The topological polar surface area (TPSA) is 26.3 Å². The van der Waals surface area contributed by atoms with Gasteiger partial charge in [-0.25, -0.2) is 0 Å². The Kier molecular flexibility index (Phi) is 4.91. The molecule has 0 radical (unpaired) electrons. The summed E-state index contributed by atoms with van der Waals surface area (Å²) in [5, 5.41) is 0. The first kappa shape index (κ1) is 15.9. The average molecular weight is 300 g/mol. The summed E-state index contributed by atoms with van der Waals surface area (Å²) in [4.78, 5) is 11.9. The predicted octanol–water partition coefficient (Wildman–Crippen LogP) is 4.52. The van der Waals surface area contributed by atoms with E-state index in [0.717, 1.165) is 24.8 Å².